The fourth-order valence-corrected chi connectivity index (χ4v) is 2.62. The Bertz CT molecular complexity index is 546. The fraction of sp³-hybridized carbons (Fsp3) is 0.333. The lowest BCUT2D eigenvalue weighted by atomic mass is 9.95. The monoisotopic (exact) mass is 287 g/mol. The first-order valence-corrected chi connectivity index (χ1v) is 7.50. The molecule has 1 atom stereocenters. The van der Waals surface area contributed by atoms with Gasteiger partial charge in [-0.25, -0.2) is 0 Å². The summed E-state index contributed by atoms with van der Waals surface area (Å²) in [5.74, 6) is 0.632. The molecule has 2 rings (SSSR count). The molecule has 1 unspecified atom stereocenters. The first kappa shape index (κ1) is 15.1. The molecule has 2 heteroatoms. The van der Waals surface area contributed by atoms with Gasteiger partial charge < -0.3 is 5.32 Å². The summed E-state index contributed by atoms with van der Waals surface area (Å²) in [6.07, 6.45) is 1.06. The van der Waals surface area contributed by atoms with Gasteiger partial charge in [0.2, 0.25) is 0 Å². The number of hydrogen-bond donors (Lipinski definition) is 1. The number of hydrogen-bond acceptors (Lipinski definition) is 1. The first-order valence-electron chi connectivity index (χ1n) is 7.12. The maximum Gasteiger partial charge on any atom is 0.0412 e. The molecule has 0 bridgehead atoms. The minimum Gasteiger partial charge on any atom is -0.316 e. The Morgan fingerprint density at radius 3 is 2.25 bits per heavy atom. The Kier molecular flexibility index (Phi) is 5.22. The lowest BCUT2D eigenvalue weighted by Crippen LogP contribution is -2.32. The van der Waals surface area contributed by atoms with Crippen LogP contribution in [-0.2, 0) is 6.42 Å². The predicted molar refractivity (Wildman–Crippen MR) is 88.3 cm³/mol. The van der Waals surface area contributed by atoms with Crippen molar-refractivity contribution in [3.8, 4) is 11.1 Å². The highest BCUT2D eigenvalue weighted by Crippen LogP contribution is 2.23. The van der Waals surface area contributed by atoms with Crippen LogP contribution in [0.1, 0.15) is 19.4 Å². The molecule has 0 fully saturated rings. The zero-order chi connectivity index (χ0) is 14.5. The zero-order valence-electron chi connectivity index (χ0n) is 12.4. The average Bonchev–Trinajstić information content (AvgIpc) is 2.45. The highest BCUT2D eigenvalue weighted by molar-refractivity contribution is 6.30. The zero-order valence-corrected chi connectivity index (χ0v) is 13.1. The second-order valence-electron chi connectivity index (χ2n) is 5.55. The highest BCUT2D eigenvalue weighted by Gasteiger charge is 2.11. The van der Waals surface area contributed by atoms with Crippen LogP contribution in [0.3, 0.4) is 0 Å². The normalized spacial score (nSPS) is 12.7. The molecular formula is C18H22ClN. The van der Waals surface area contributed by atoms with E-state index in [2.05, 4.69) is 49.5 Å². The van der Waals surface area contributed by atoms with Gasteiger partial charge in [0.05, 0.1) is 0 Å². The van der Waals surface area contributed by atoms with E-state index in [1.54, 1.807) is 0 Å². The van der Waals surface area contributed by atoms with Gasteiger partial charge in [0.25, 0.3) is 0 Å². The summed E-state index contributed by atoms with van der Waals surface area (Å²) in [5.41, 5.74) is 3.74. The molecule has 2 aromatic carbocycles. The van der Waals surface area contributed by atoms with Gasteiger partial charge in [-0.15, -0.1) is 0 Å². The van der Waals surface area contributed by atoms with Gasteiger partial charge in [-0.05, 0) is 48.2 Å². The molecule has 0 saturated heterocycles. The number of halogens is 1. The topological polar surface area (TPSA) is 12.0 Å². The van der Waals surface area contributed by atoms with Crippen LogP contribution in [0.5, 0.6) is 0 Å². The lowest BCUT2D eigenvalue weighted by molar-refractivity contribution is 0.424. The summed E-state index contributed by atoms with van der Waals surface area (Å²) in [4.78, 5) is 0. The number of likely N-dealkylation sites (N-methyl/N-ethyl adjacent to an activating group) is 1. The Balaban J connectivity index is 2.14. The SMILES string of the molecule is CNC(Cc1ccc(-c2cccc(Cl)c2)cc1)C(C)C. The van der Waals surface area contributed by atoms with E-state index in [0.29, 0.717) is 12.0 Å². The number of benzene rings is 2. The van der Waals surface area contributed by atoms with Crippen molar-refractivity contribution in [1.29, 1.82) is 0 Å². The molecular weight excluding hydrogens is 266 g/mol. The van der Waals surface area contributed by atoms with Crippen LogP contribution in [0.15, 0.2) is 48.5 Å². The summed E-state index contributed by atoms with van der Waals surface area (Å²) in [6.45, 7) is 4.50. The van der Waals surface area contributed by atoms with Crippen LogP contribution in [0, 0.1) is 5.92 Å². The Labute approximate surface area is 127 Å². The largest absolute Gasteiger partial charge is 0.316 e. The lowest BCUT2D eigenvalue weighted by Gasteiger charge is -2.20. The maximum absolute atomic E-state index is 6.04. The molecule has 0 aliphatic rings. The van der Waals surface area contributed by atoms with E-state index in [1.165, 1.54) is 11.1 Å². The molecule has 2 aromatic rings. The predicted octanol–water partition coefficient (Wildman–Crippen LogP) is 4.79. The van der Waals surface area contributed by atoms with Gasteiger partial charge in [0.15, 0.2) is 0 Å². The molecule has 0 amide bonds. The number of rotatable bonds is 5. The van der Waals surface area contributed by atoms with Crippen molar-refractivity contribution >= 4 is 11.6 Å². The summed E-state index contributed by atoms with van der Waals surface area (Å²) >= 11 is 6.04. The van der Waals surface area contributed by atoms with Crippen LogP contribution < -0.4 is 5.32 Å². The third kappa shape index (κ3) is 3.84. The molecule has 106 valence electrons. The second-order valence-corrected chi connectivity index (χ2v) is 5.99. The molecule has 0 saturated carbocycles. The van der Waals surface area contributed by atoms with E-state index in [4.69, 9.17) is 11.6 Å². The average molecular weight is 288 g/mol. The quantitative estimate of drug-likeness (QED) is 0.833. The van der Waals surface area contributed by atoms with Crippen LogP contribution in [-0.4, -0.2) is 13.1 Å². The van der Waals surface area contributed by atoms with Crippen LogP contribution in [0.2, 0.25) is 5.02 Å². The van der Waals surface area contributed by atoms with E-state index in [1.807, 2.05) is 25.2 Å². The first-order chi connectivity index (χ1) is 9.60. The van der Waals surface area contributed by atoms with Crippen LogP contribution in [0.25, 0.3) is 11.1 Å². The van der Waals surface area contributed by atoms with Crippen molar-refractivity contribution in [2.75, 3.05) is 7.05 Å². The Hall–Kier alpha value is -1.31. The number of nitrogens with one attached hydrogen (secondary N) is 1. The highest BCUT2D eigenvalue weighted by atomic mass is 35.5. The van der Waals surface area contributed by atoms with Crippen molar-refractivity contribution in [3.05, 3.63) is 59.1 Å². The van der Waals surface area contributed by atoms with Crippen molar-refractivity contribution in [2.45, 2.75) is 26.3 Å². The third-order valence-electron chi connectivity index (χ3n) is 3.74. The molecule has 0 radical (unpaired) electrons. The minimum atomic E-state index is 0.520. The summed E-state index contributed by atoms with van der Waals surface area (Å²) in [6, 6.07) is 17.3. The van der Waals surface area contributed by atoms with Crippen molar-refractivity contribution in [3.63, 3.8) is 0 Å². The van der Waals surface area contributed by atoms with Gasteiger partial charge >= 0.3 is 0 Å². The summed E-state index contributed by atoms with van der Waals surface area (Å²) in [7, 11) is 2.03. The van der Waals surface area contributed by atoms with Gasteiger partial charge in [-0.2, -0.15) is 0 Å². The van der Waals surface area contributed by atoms with E-state index in [0.717, 1.165) is 17.0 Å². The van der Waals surface area contributed by atoms with E-state index in [-0.39, 0.29) is 0 Å². The molecule has 1 nitrogen and oxygen atoms in total. The van der Waals surface area contributed by atoms with Crippen molar-refractivity contribution < 1.29 is 0 Å². The fourth-order valence-electron chi connectivity index (χ4n) is 2.43. The van der Waals surface area contributed by atoms with Crippen molar-refractivity contribution in [1.82, 2.24) is 5.32 Å². The van der Waals surface area contributed by atoms with Crippen LogP contribution >= 0.6 is 11.6 Å². The Morgan fingerprint density at radius 1 is 1.00 bits per heavy atom. The minimum absolute atomic E-state index is 0.520. The smallest absolute Gasteiger partial charge is 0.0412 e. The molecule has 0 aliphatic carbocycles. The van der Waals surface area contributed by atoms with Gasteiger partial charge in [0.1, 0.15) is 0 Å². The standard InChI is InChI=1S/C18H22ClN/c1-13(2)18(20-3)11-14-7-9-15(10-8-14)16-5-4-6-17(19)12-16/h4-10,12-13,18,20H,11H2,1-3H3. The van der Waals surface area contributed by atoms with Crippen molar-refractivity contribution in [2.24, 2.45) is 5.92 Å². The summed E-state index contributed by atoms with van der Waals surface area (Å²) < 4.78 is 0. The van der Waals surface area contributed by atoms with Gasteiger partial charge in [-0.1, -0.05) is 61.8 Å². The Morgan fingerprint density at radius 2 is 1.70 bits per heavy atom. The maximum atomic E-state index is 6.04. The molecule has 0 aromatic heterocycles. The third-order valence-corrected chi connectivity index (χ3v) is 3.98. The van der Waals surface area contributed by atoms with E-state index < -0.39 is 0 Å². The molecule has 20 heavy (non-hydrogen) atoms. The van der Waals surface area contributed by atoms with E-state index >= 15 is 0 Å². The van der Waals surface area contributed by atoms with Gasteiger partial charge in [0, 0.05) is 11.1 Å². The molecule has 0 spiro atoms. The molecule has 0 heterocycles. The molecule has 1 N–H and O–H groups in total. The molecule has 0 aliphatic heterocycles. The second kappa shape index (κ2) is 6.92. The van der Waals surface area contributed by atoms with Gasteiger partial charge in [-0.3, -0.25) is 0 Å². The summed E-state index contributed by atoms with van der Waals surface area (Å²) in [5, 5.41) is 4.17. The van der Waals surface area contributed by atoms with E-state index in [9.17, 15) is 0 Å². The van der Waals surface area contributed by atoms with Crippen LogP contribution in [0.4, 0.5) is 0 Å².